The van der Waals surface area contributed by atoms with E-state index >= 15 is 0 Å². The van der Waals surface area contributed by atoms with Gasteiger partial charge >= 0.3 is 0 Å². The Morgan fingerprint density at radius 1 is 1.32 bits per heavy atom. The number of aromatic nitrogens is 3. The van der Waals surface area contributed by atoms with Crippen molar-refractivity contribution in [2.75, 3.05) is 0 Å². The summed E-state index contributed by atoms with van der Waals surface area (Å²) in [4.78, 5) is 24.2. The van der Waals surface area contributed by atoms with E-state index in [1.165, 1.54) is 0 Å². The van der Waals surface area contributed by atoms with Crippen molar-refractivity contribution in [1.82, 2.24) is 20.3 Å². The van der Waals surface area contributed by atoms with E-state index in [0.717, 1.165) is 4.68 Å². The standard InChI is InChI=1S/C13H12N4O2/c1-8-6-7-11(12(18)14-8)17-13(19)9-4-2-3-5-10(9)15-16-17/h2-5,11H,1,6-7H2,(H,14,18). The van der Waals surface area contributed by atoms with Crippen molar-refractivity contribution in [1.29, 1.82) is 0 Å². The van der Waals surface area contributed by atoms with Gasteiger partial charge in [-0.15, -0.1) is 5.10 Å². The summed E-state index contributed by atoms with van der Waals surface area (Å²) in [5.74, 6) is -0.261. The number of carbonyl (C=O) groups is 1. The number of hydrogen-bond acceptors (Lipinski definition) is 4. The third kappa shape index (κ3) is 1.91. The van der Waals surface area contributed by atoms with Gasteiger partial charge in [-0.1, -0.05) is 23.9 Å². The molecule has 19 heavy (non-hydrogen) atoms. The normalized spacial score (nSPS) is 19.5. The van der Waals surface area contributed by atoms with E-state index in [-0.39, 0.29) is 11.5 Å². The summed E-state index contributed by atoms with van der Waals surface area (Å²) in [6.45, 7) is 3.71. The summed E-state index contributed by atoms with van der Waals surface area (Å²) in [7, 11) is 0. The SMILES string of the molecule is C=C1CCC(n2nnc3ccccc3c2=O)C(=O)N1. The number of fused-ring (bicyclic) bond motifs is 1. The molecule has 1 fully saturated rings. The molecule has 1 saturated heterocycles. The lowest BCUT2D eigenvalue weighted by Crippen LogP contribution is -2.41. The van der Waals surface area contributed by atoms with Crippen LogP contribution in [-0.4, -0.2) is 20.9 Å². The Labute approximate surface area is 108 Å². The van der Waals surface area contributed by atoms with Gasteiger partial charge in [0.25, 0.3) is 5.56 Å². The molecule has 2 aromatic rings. The van der Waals surface area contributed by atoms with Gasteiger partial charge in [0.1, 0.15) is 11.6 Å². The van der Waals surface area contributed by atoms with Crippen LogP contribution < -0.4 is 10.9 Å². The number of allylic oxidation sites excluding steroid dienone is 1. The van der Waals surface area contributed by atoms with Crippen molar-refractivity contribution in [2.45, 2.75) is 18.9 Å². The minimum Gasteiger partial charge on any atom is -0.329 e. The molecule has 2 heterocycles. The molecule has 3 rings (SSSR count). The summed E-state index contributed by atoms with van der Waals surface area (Å²) >= 11 is 0. The van der Waals surface area contributed by atoms with Crippen LogP contribution in [0.15, 0.2) is 41.3 Å². The van der Waals surface area contributed by atoms with Crippen LogP contribution in [0.3, 0.4) is 0 Å². The highest BCUT2D eigenvalue weighted by atomic mass is 16.2. The minimum absolute atomic E-state index is 0.261. The molecule has 6 heteroatoms. The summed E-state index contributed by atoms with van der Waals surface area (Å²) in [5, 5.41) is 11.0. The maximum Gasteiger partial charge on any atom is 0.278 e. The van der Waals surface area contributed by atoms with E-state index in [9.17, 15) is 9.59 Å². The second kappa shape index (κ2) is 4.31. The zero-order valence-corrected chi connectivity index (χ0v) is 10.2. The summed E-state index contributed by atoms with van der Waals surface area (Å²) < 4.78 is 1.16. The fraction of sp³-hybridized carbons (Fsp3) is 0.231. The molecule has 0 bridgehead atoms. The lowest BCUT2D eigenvalue weighted by Gasteiger charge is -2.23. The second-order valence-corrected chi connectivity index (χ2v) is 4.50. The van der Waals surface area contributed by atoms with Crippen LogP contribution >= 0.6 is 0 Å². The number of nitrogens with zero attached hydrogens (tertiary/aromatic N) is 3. The molecule has 1 aliphatic rings. The predicted octanol–water partition coefficient (Wildman–Crippen LogP) is 0.756. The number of carbonyl (C=O) groups excluding carboxylic acids is 1. The number of piperidine rings is 1. The number of hydrogen-bond donors (Lipinski definition) is 1. The van der Waals surface area contributed by atoms with Crippen molar-refractivity contribution < 1.29 is 4.79 Å². The molecule has 0 saturated carbocycles. The Hall–Kier alpha value is -2.50. The number of rotatable bonds is 1. The van der Waals surface area contributed by atoms with Gasteiger partial charge < -0.3 is 5.32 Å². The molecule has 1 aromatic carbocycles. The highest BCUT2D eigenvalue weighted by molar-refractivity contribution is 5.83. The quantitative estimate of drug-likeness (QED) is 0.817. The molecule has 1 atom stereocenters. The molecule has 1 amide bonds. The smallest absolute Gasteiger partial charge is 0.278 e. The van der Waals surface area contributed by atoms with E-state index in [2.05, 4.69) is 22.2 Å². The molecule has 1 N–H and O–H groups in total. The van der Waals surface area contributed by atoms with Crippen LogP contribution in [0.25, 0.3) is 10.9 Å². The fourth-order valence-electron chi connectivity index (χ4n) is 2.20. The van der Waals surface area contributed by atoms with Crippen LogP contribution in [-0.2, 0) is 4.79 Å². The largest absolute Gasteiger partial charge is 0.329 e. The third-order valence-corrected chi connectivity index (χ3v) is 3.21. The Kier molecular flexibility index (Phi) is 2.63. The van der Waals surface area contributed by atoms with Gasteiger partial charge in [-0.3, -0.25) is 9.59 Å². The topological polar surface area (TPSA) is 76.9 Å². The predicted molar refractivity (Wildman–Crippen MR) is 69.4 cm³/mol. The molecule has 0 radical (unpaired) electrons. The second-order valence-electron chi connectivity index (χ2n) is 4.50. The van der Waals surface area contributed by atoms with E-state index in [0.29, 0.717) is 29.4 Å². The van der Waals surface area contributed by atoms with Crippen LogP contribution in [0, 0.1) is 0 Å². The molecular weight excluding hydrogens is 244 g/mol. The van der Waals surface area contributed by atoms with Crippen LogP contribution in [0.2, 0.25) is 0 Å². The van der Waals surface area contributed by atoms with Crippen LogP contribution in [0.4, 0.5) is 0 Å². The van der Waals surface area contributed by atoms with E-state index < -0.39 is 6.04 Å². The lowest BCUT2D eigenvalue weighted by molar-refractivity contribution is -0.125. The summed E-state index contributed by atoms with van der Waals surface area (Å²) in [5.41, 5.74) is 0.908. The minimum atomic E-state index is -0.616. The summed E-state index contributed by atoms with van der Waals surface area (Å²) in [6.07, 6.45) is 1.15. The number of nitrogens with one attached hydrogen (secondary N) is 1. The average molecular weight is 256 g/mol. The first-order valence-corrected chi connectivity index (χ1v) is 6.00. The molecule has 1 unspecified atom stereocenters. The molecule has 0 aliphatic carbocycles. The van der Waals surface area contributed by atoms with Gasteiger partial charge in [0.15, 0.2) is 0 Å². The summed E-state index contributed by atoms with van der Waals surface area (Å²) in [6, 6.07) is 6.34. The lowest BCUT2D eigenvalue weighted by atomic mass is 10.0. The van der Waals surface area contributed by atoms with Gasteiger partial charge in [-0.2, -0.15) is 4.68 Å². The zero-order valence-electron chi connectivity index (χ0n) is 10.2. The van der Waals surface area contributed by atoms with E-state index in [4.69, 9.17) is 0 Å². The Balaban J connectivity index is 2.11. The van der Waals surface area contributed by atoms with Crippen molar-refractivity contribution in [3.63, 3.8) is 0 Å². The zero-order chi connectivity index (χ0) is 13.4. The number of benzene rings is 1. The first-order valence-electron chi connectivity index (χ1n) is 6.00. The monoisotopic (exact) mass is 256 g/mol. The third-order valence-electron chi connectivity index (χ3n) is 3.21. The first kappa shape index (κ1) is 11.6. The van der Waals surface area contributed by atoms with E-state index in [1.54, 1.807) is 24.3 Å². The van der Waals surface area contributed by atoms with E-state index in [1.807, 2.05) is 0 Å². The van der Waals surface area contributed by atoms with Crippen molar-refractivity contribution in [3.05, 3.63) is 46.9 Å². The molecule has 6 nitrogen and oxygen atoms in total. The highest BCUT2D eigenvalue weighted by Gasteiger charge is 2.27. The molecule has 1 aromatic heterocycles. The van der Waals surface area contributed by atoms with Gasteiger partial charge in [-0.25, -0.2) is 0 Å². The van der Waals surface area contributed by atoms with Gasteiger partial charge in [0.2, 0.25) is 5.91 Å². The number of amides is 1. The molecular formula is C13H12N4O2. The molecule has 1 aliphatic heterocycles. The fourth-order valence-corrected chi connectivity index (χ4v) is 2.20. The van der Waals surface area contributed by atoms with Crippen LogP contribution in [0.5, 0.6) is 0 Å². The maximum absolute atomic E-state index is 12.3. The van der Waals surface area contributed by atoms with Crippen LogP contribution in [0.1, 0.15) is 18.9 Å². The Morgan fingerprint density at radius 3 is 2.89 bits per heavy atom. The Morgan fingerprint density at radius 2 is 2.11 bits per heavy atom. The van der Waals surface area contributed by atoms with Gasteiger partial charge in [0.05, 0.1) is 5.39 Å². The van der Waals surface area contributed by atoms with Gasteiger partial charge in [-0.05, 0) is 25.0 Å². The van der Waals surface area contributed by atoms with Crippen molar-refractivity contribution >= 4 is 16.8 Å². The first-order chi connectivity index (χ1) is 9.16. The van der Waals surface area contributed by atoms with Crippen molar-refractivity contribution in [2.24, 2.45) is 0 Å². The molecule has 0 spiro atoms. The Bertz CT molecular complexity index is 735. The highest BCUT2D eigenvalue weighted by Crippen LogP contribution is 2.19. The van der Waals surface area contributed by atoms with Gasteiger partial charge in [0, 0.05) is 5.70 Å². The van der Waals surface area contributed by atoms with Crippen molar-refractivity contribution in [3.8, 4) is 0 Å². The molecule has 96 valence electrons. The maximum atomic E-state index is 12.3. The average Bonchev–Trinajstić information content (AvgIpc) is 2.41.